The zero-order valence-corrected chi connectivity index (χ0v) is 13.0. The fourth-order valence-corrected chi connectivity index (χ4v) is 3.49. The summed E-state index contributed by atoms with van der Waals surface area (Å²) in [5.41, 5.74) is 5.14. The van der Waals surface area contributed by atoms with Gasteiger partial charge in [-0.15, -0.1) is 0 Å². The highest BCUT2D eigenvalue weighted by Gasteiger charge is 2.44. The Labute approximate surface area is 127 Å². The lowest BCUT2D eigenvalue weighted by Crippen LogP contribution is -2.46. The molecule has 0 aromatic heterocycles. The van der Waals surface area contributed by atoms with Gasteiger partial charge >= 0.3 is 0 Å². The molecule has 1 saturated carbocycles. The Morgan fingerprint density at radius 1 is 1.00 bits per heavy atom. The molecule has 0 spiro atoms. The molecule has 0 amide bonds. The van der Waals surface area contributed by atoms with Crippen molar-refractivity contribution in [1.29, 1.82) is 0 Å². The maximum atomic E-state index is 10.9. The second-order valence-electron chi connectivity index (χ2n) is 6.51. The fraction of sp³-hybridized carbons (Fsp3) is 0.400. The van der Waals surface area contributed by atoms with Gasteiger partial charge in [-0.1, -0.05) is 55.0 Å². The summed E-state index contributed by atoms with van der Waals surface area (Å²) in [7, 11) is 0. The third-order valence-electron chi connectivity index (χ3n) is 5.23. The van der Waals surface area contributed by atoms with Crippen molar-refractivity contribution in [3.8, 4) is 0 Å². The number of aryl methyl sites for hydroxylation is 2. The number of rotatable bonds is 4. The first-order chi connectivity index (χ1) is 10.1. The van der Waals surface area contributed by atoms with Crippen LogP contribution < -0.4 is 0 Å². The lowest BCUT2D eigenvalue weighted by Gasteiger charge is -2.46. The van der Waals surface area contributed by atoms with Gasteiger partial charge in [0.2, 0.25) is 0 Å². The first-order valence-corrected chi connectivity index (χ1v) is 7.91. The molecule has 1 aliphatic carbocycles. The Balaban J connectivity index is 1.83. The molecule has 1 unspecified atom stereocenters. The summed E-state index contributed by atoms with van der Waals surface area (Å²) < 4.78 is 0. The summed E-state index contributed by atoms with van der Waals surface area (Å²) >= 11 is 0. The van der Waals surface area contributed by atoms with Gasteiger partial charge in [0.15, 0.2) is 0 Å². The molecule has 0 saturated heterocycles. The smallest absolute Gasteiger partial charge is 0.0677 e. The zero-order valence-electron chi connectivity index (χ0n) is 13.0. The molecule has 0 aliphatic heterocycles. The van der Waals surface area contributed by atoms with Gasteiger partial charge in [-0.25, -0.2) is 0 Å². The number of hydrogen-bond acceptors (Lipinski definition) is 1. The molecule has 0 bridgehead atoms. The zero-order chi connectivity index (χ0) is 14.9. The molecule has 1 N–H and O–H groups in total. The van der Waals surface area contributed by atoms with Crippen molar-refractivity contribution in [3.05, 3.63) is 70.8 Å². The van der Waals surface area contributed by atoms with Crippen molar-refractivity contribution < 1.29 is 5.11 Å². The predicted molar refractivity (Wildman–Crippen MR) is 87.6 cm³/mol. The minimum atomic E-state index is -0.296. The molecule has 1 nitrogen and oxygen atoms in total. The minimum absolute atomic E-state index is 0.0277. The van der Waals surface area contributed by atoms with Crippen molar-refractivity contribution in [2.24, 2.45) is 0 Å². The van der Waals surface area contributed by atoms with E-state index in [-0.39, 0.29) is 11.5 Å². The average molecular weight is 280 g/mol. The van der Waals surface area contributed by atoms with Gasteiger partial charge in [0, 0.05) is 5.41 Å². The van der Waals surface area contributed by atoms with Gasteiger partial charge in [0.1, 0.15) is 0 Å². The molecule has 1 fully saturated rings. The van der Waals surface area contributed by atoms with Crippen LogP contribution in [0.4, 0.5) is 0 Å². The van der Waals surface area contributed by atoms with Crippen LogP contribution in [0.2, 0.25) is 0 Å². The molecular formula is C20H24O. The van der Waals surface area contributed by atoms with Crippen LogP contribution in [0, 0.1) is 13.8 Å². The van der Waals surface area contributed by atoms with Crippen LogP contribution in [0.5, 0.6) is 0 Å². The van der Waals surface area contributed by atoms with Crippen molar-refractivity contribution in [3.63, 3.8) is 0 Å². The maximum Gasteiger partial charge on any atom is 0.0677 e. The van der Waals surface area contributed by atoms with Gasteiger partial charge in [0.05, 0.1) is 6.10 Å². The summed E-state index contributed by atoms with van der Waals surface area (Å²) in [4.78, 5) is 0. The predicted octanol–water partition coefficient (Wildman–Crippen LogP) is 4.33. The summed E-state index contributed by atoms with van der Waals surface area (Å²) in [6, 6.07) is 17.1. The minimum Gasteiger partial charge on any atom is -0.392 e. The van der Waals surface area contributed by atoms with E-state index in [1.165, 1.54) is 28.7 Å². The molecular weight excluding hydrogens is 256 g/mol. The van der Waals surface area contributed by atoms with Crippen LogP contribution >= 0.6 is 0 Å². The molecule has 2 aromatic rings. The average Bonchev–Trinajstić information content (AvgIpc) is 2.43. The Morgan fingerprint density at radius 2 is 1.71 bits per heavy atom. The lowest BCUT2D eigenvalue weighted by molar-refractivity contribution is 0.0286. The van der Waals surface area contributed by atoms with Gasteiger partial charge in [-0.3, -0.25) is 0 Å². The van der Waals surface area contributed by atoms with Crippen LogP contribution in [0.3, 0.4) is 0 Å². The van der Waals surface area contributed by atoms with Crippen molar-refractivity contribution in [2.75, 3.05) is 0 Å². The van der Waals surface area contributed by atoms with Crippen LogP contribution in [-0.4, -0.2) is 11.2 Å². The molecule has 1 atom stereocenters. The second kappa shape index (κ2) is 5.65. The molecule has 1 heteroatoms. The summed E-state index contributed by atoms with van der Waals surface area (Å²) in [6.45, 7) is 4.27. The van der Waals surface area contributed by atoms with Crippen molar-refractivity contribution in [2.45, 2.75) is 51.0 Å². The van der Waals surface area contributed by atoms with E-state index in [1.807, 2.05) is 6.07 Å². The number of aliphatic hydroxyl groups is 1. The largest absolute Gasteiger partial charge is 0.392 e. The lowest BCUT2D eigenvalue weighted by atomic mass is 9.60. The van der Waals surface area contributed by atoms with E-state index >= 15 is 0 Å². The monoisotopic (exact) mass is 280 g/mol. The third kappa shape index (κ3) is 2.63. The molecule has 3 rings (SSSR count). The van der Waals surface area contributed by atoms with E-state index in [9.17, 15) is 5.11 Å². The Bertz CT molecular complexity index is 611. The SMILES string of the molecule is Cc1ccc(CC(O)C2(c3ccccc3)CCC2)cc1C. The third-order valence-corrected chi connectivity index (χ3v) is 5.23. The van der Waals surface area contributed by atoms with Gasteiger partial charge in [-0.2, -0.15) is 0 Å². The molecule has 21 heavy (non-hydrogen) atoms. The number of aliphatic hydroxyl groups excluding tert-OH is 1. The highest BCUT2D eigenvalue weighted by molar-refractivity contribution is 5.33. The molecule has 0 heterocycles. The summed E-state index contributed by atoms with van der Waals surface area (Å²) in [5, 5.41) is 10.9. The highest BCUT2D eigenvalue weighted by atomic mass is 16.3. The van der Waals surface area contributed by atoms with Gasteiger partial charge < -0.3 is 5.11 Å². The summed E-state index contributed by atoms with van der Waals surface area (Å²) in [5.74, 6) is 0. The maximum absolute atomic E-state index is 10.9. The van der Waals surface area contributed by atoms with Gasteiger partial charge in [-0.05, 0) is 55.4 Å². The number of benzene rings is 2. The fourth-order valence-electron chi connectivity index (χ4n) is 3.49. The topological polar surface area (TPSA) is 20.2 Å². The Hall–Kier alpha value is -1.60. The number of hydrogen-bond donors (Lipinski definition) is 1. The van der Waals surface area contributed by atoms with Crippen molar-refractivity contribution in [1.82, 2.24) is 0 Å². The molecule has 0 radical (unpaired) electrons. The van der Waals surface area contributed by atoms with Crippen molar-refractivity contribution >= 4 is 0 Å². The summed E-state index contributed by atoms with van der Waals surface area (Å²) in [6.07, 6.45) is 3.87. The van der Waals surface area contributed by atoms with Crippen LogP contribution in [0.25, 0.3) is 0 Å². The first-order valence-electron chi connectivity index (χ1n) is 7.91. The quantitative estimate of drug-likeness (QED) is 0.884. The van der Waals surface area contributed by atoms with E-state index in [4.69, 9.17) is 0 Å². The van der Waals surface area contributed by atoms with Crippen LogP contribution in [0.15, 0.2) is 48.5 Å². The standard InChI is InChI=1S/C20H24O/c1-15-9-10-17(13-16(15)2)14-19(21)20(11-6-12-20)18-7-4-3-5-8-18/h3-5,7-10,13,19,21H,6,11-12,14H2,1-2H3. The van der Waals surface area contributed by atoms with E-state index in [2.05, 4.69) is 56.3 Å². The van der Waals surface area contributed by atoms with Gasteiger partial charge in [0.25, 0.3) is 0 Å². The molecule has 1 aliphatic rings. The van der Waals surface area contributed by atoms with E-state index < -0.39 is 0 Å². The van der Waals surface area contributed by atoms with E-state index in [0.29, 0.717) is 0 Å². The van der Waals surface area contributed by atoms with Crippen LogP contribution in [-0.2, 0) is 11.8 Å². The molecule has 110 valence electrons. The van der Waals surface area contributed by atoms with Crippen LogP contribution in [0.1, 0.15) is 41.5 Å². The highest BCUT2D eigenvalue weighted by Crippen LogP contribution is 2.47. The van der Waals surface area contributed by atoms with E-state index in [1.54, 1.807) is 0 Å². The molecule has 2 aromatic carbocycles. The normalized spacial score (nSPS) is 18.0. The van der Waals surface area contributed by atoms with E-state index in [0.717, 1.165) is 19.3 Å². The second-order valence-corrected chi connectivity index (χ2v) is 6.51. The Kier molecular flexibility index (Phi) is 3.86. The first kappa shape index (κ1) is 14.3. The Morgan fingerprint density at radius 3 is 2.29 bits per heavy atom.